The molecule has 0 spiro atoms. The highest BCUT2D eigenvalue weighted by atomic mass is 16.5. The third-order valence-electron chi connectivity index (χ3n) is 5.02. The predicted octanol–water partition coefficient (Wildman–Crippen LogP) is -2.06. The molecule has 1 aromatic carbocycles. The van der Waals surface area contributed by atoms with E-state index in [-0.39, 0.29) is 6.42 Å². The highest BCUT2D eigenvalue weighted by molar-refractivity contribution is 5.86. The number of aliphatic hydroxyl groups is 3. The number of urea groups is 1. The largest absolute Gasteiger partial charge is 0.480 e. The average Bonchev–Trinajstić information content (AvgIpc) is 2.78. The van der Waals surface area contributed by atoms with Gasteiger partial charge in [0.05, 0.1) is 18.7 Å². The molecule has 8 N–H and O–H groups in total. The van der Waals surface area contributed by atoms with Crippen molar-refractivity contribution in [1.29, 1.82) is 0 Å². The number of carbonyl (C=O) groups is 4. The second kappa shape index (κ2) is 12.0. The summed E-state index contributed by atoms with van der Waals surface area (Å²) in [5.74, 6) is -4.20. The van der Waals surface area contributed by atoms with E-state index < -0.39 is 72.7 Å². The van der Waals surface area contributed by atoms with Crippen LogP contribution in [0.25, 0.3) is 0 Å². The number of amides is 3. The van der Waals surface area contributed by atoms with Crippen LogP contribution in [0.15, 0.2) is 42.2 Å². The number of aliphatic hydroxyl groups excluding tert-OH is 3. The topological polar surface area (TPSA) is 215 Å². The number of aliphatic carboxylic acids is 2. The van der Waals surface area contributed by atoms with Crippen LogP contribution in [0.2, 0.25) is 0 Å². The maximum Gasteiger partial charge on any atom is 0.370 e. The van der Waals surface area contributed by atoms with Crippen LogP contribution >= 0.6 is 0 Å². The molecule has 6 atom stereocenters. The van der Waals surface area contributed by atoms with E-state index in [4.69, 9.17) is 9.84 Å². The van der Waals surface area contributed by atoms with Crippen molar-refractivity contribution in [2.45, 2.75) is 49.8 Å². The molecular formula is C21H27N3O10. The summed E-state index contributed by atoms with van der Waals surface area (Å²) in [6, 6.07) is 3.63. The van der Waals surface area contributed by atoms with Gasteiger partial charge in [-0.05, 0) is 11.6 Å². The van der Waals surface area contributed by atoms with Crippen molar-refractivity contribution in [2.75, 3.05) is 6.61 Å². The van der Waals surface area contributed by atoms with Crippen molar-refractivity contribution in [2.24, 2.45) is 0 Å². The molecule has 1 aliphatic rings. The maximum absolute atomic E-state index is 12.6. The van der Waals surface area contributed by atoms with Gasteiger partial charge in [-0.15, -0.1) is 0 Å². The zero-order valence-corrected chi connectivity index (χ0v) is 18.1. The normalized spacial score (nSPS) is 22.2. The Morgan fingerprint density at radius 1 is 1.06 bits per heavy atom. The van der Waals surface area contributed by atoms with E-state index in [1.165, 1.54) is 0 Å². The fourth-order valence-corrected chi connectivity index (χ4v) is 3.40. The minimum Gasteiger partial charge on any atom is -0.480 e. The van der Waals surface area contributed by atoms with Gasteiger partial charge in [0.2, 0.25) is 11.7 Å². The first-order chi connectivity index (χ1) is 16.0. The molecule has 0 aromatic heterocycles. The molecule has 1 heterocycles. The number of carboxylic acid groups (broad SMARTS) is 2. The lowest BCUT2D eigenvalue weighted by Crippen LogP contribution is -2.64. The van der Waals surface area contributed by atoms with E-state index in [1.54, 1.807) is 30.3 Å². The lowest BCUT2D eigenvalue weighted by atomic mass is 9.92. The minimum atomic E-state index is -1.85. The Hall–Kier alpha value is -3.68. The summed E-state index contributed by atoms with van der Waals surface area (Å²) in [6.07, 6.45) is -4.24. The zero-order chi connectivity index (χ0) is 25.4. The van der Waals surface area contributed by atoms with Gasteiger partial charge in [0.15, 0.2) is 0 Å². The van der Waals surface area contributed by atoms with E-state index in [9.17, 15) is 39.6 Å². The quantitative estimate of drug-likeness (QED) is 0.183. The number of carbonyl (C=O) groups excluding carboxylic acids is 2. The van der Waals surface area contributed by atoms with Crippen molar-refractivity contribution in [3.63, 3.8) is 0 Å². The molecule has 3 amide bonds. The zero-order valence-electron chi connectivity index (χ0n) is 18.1. The number of nitrogens with one attached hydrogen (secondary N) is 3. The standard InChI is InChI=1S/C21H27N3O10/c1-10(26)22-16-12(8-15(20(31)32)34-18(16)17(28)14(27)9-25)23-21(33)24-13(19(29)30)7-11-5-3-2-4-6-11/h2-6,8,12-14,16-18,25,27-28H,7,9H2,1H3,(H,22,26)(H,29,30)(H,31,32)(H2,23,24,33)/t12-,13-,14+,16+,17+,18+/m0/s1. The molecule has 0 aliphatic carbocycles. The van der Waals surface area contributed by atoms with E-state index in [0.29, 0.717) is 5.56 Å². The third kappa shape index (κ3) is 7.16. The van der Waals surface area contributed by atoms with Crippen LogP contribution in [0.5, 0.6) is 0 Å². The molecule has 0 unspecified atom stereocenters. The van der Waals surface area contributed by atoms with Crippen molar-refractivity contribution in [1.82, 2.24) is 16.0 Å². The highest BCUT2D eigenvalue weighted by Gasteiger charge is 2.44. The van der Waals surface area contributed by atoms with Crippen molar-refractivity contribution in [3.05, 3.63) is 47.7 Å². The van der Waals surface area contributed by atoms with Crippen LogP contribution in [-0.4, -0.2) is 92.5 Å². The van der Waals surface area contributed by atoms with Gasteiger partial charge in [0.25, 0.3) is 0 Å². The summed E-state index contributed by atoms with van der Waals surface area (Å²) in [5.41, 5.74) is 0.645. The first kappa shape index (κ1) is 26.6. The molecule has 13 heteroatoms. The molecule has 0 fully saturated rings. The summed E-state index contributed by atoms with van der Waals surface area (Å²) < 4.78 is 5.22. The Morgan fingerprint density at radius 3 is 2.24 bits per heavy atom. The smallest absolute Gasteiger partial charge is 0.370 e. The van der Waals surface area contributed by atoms with Gasteiger partial charge in [-0.2, -0.15) is 0 Å². The third-order valence-corrected chi connectivity index (χ3v) is 5.02. The van der Waals surface area contributed by atoms with Crippen molar-refractivity contribution >= 4 is 23.9 Å². The fourth-order valence-electron chi connectivity index (χ4n) is 3.40. The molecule has 0 radical (unpaired) electrons. The van der Waals surface area contributed by atoms with Crippen LogP contribution in [0.3, 0.4) is 0 Å². The van der Waals surface area contributed by atoms with Gasteiger partial charge in [-0.25, -0.2) is 14.4 Å². The monoisotopic (exact) mass is 481 g/mol. The molecule has 34 heavy (non-hydrogen) atoms. The molecule has 0 saturated heterocycles. The first-order valence-electron chi connectivity index (χ1n) is 10.2. The predicted molar refractivity (Wildman–Crippen MR) is 114 cm³/mol. The van der Waals surface area contributed by atoms with Crippen LogP contribution < -0.4 is 16.0 Å². The number of ether oxygens (including phenoxy) is 1. The Balaban J connectivity index is 2.27. The van der Waals surface area contributed by atoms with Crippen LogP contribution in [-0.2, 0) is 25.5 Å². The number of rotatable bonds is 10. The summed E-state index contributed by atoms with van der Waals surface area (Å²) in [5, 5.41) is 55.2. The van der Waals surface area contributed by atoms with Crippen LogP contribution in [0, 0.1) is 0 Å². The fraction of sp³-hybridized carbons (Fsp3) is 0.429. The molecule has 13 nitrogen and oxygen atoms in total. The Bertz CT molecular complexity index is 923. The van der Waals surface area contributed by atoms with Crippen LogP contribution in [0.1, 0.15) is 12.5 Å². The molecule has 0 bridgehead atoms. The molecule has 0 saturated carbocycles. The van der Waals surface area contributed by atoms with E-state index in [0.717, 1.165) is 13.0 Å². The van der Waals surface area contributed by atoms with Crippen molar-refractivity contribution < 1.29 is 49.4 Å². The Morgan fingerprint density at radius 2 is 1.71 bits per heavy atom. The molecule has 2 rings (SSSR count). The molecule has 1 aliphatic heterocycles. The molecule has 1 aromatic rings. The summed E-state index contributed by atoms with van der Waals surface area (Å²) in [6.45, 7) is 0.234. The van der Waals surface area contributed by atoms with Gasteiger partial charge in [-0.1, -0.05) is 30.3 Å². The van der Waals surface area contributed by atoms with Crippen LogP contribution in [0.4, 0.5) is 4.79 Å². The second-order valence-electron chi connectivity index (χ2n) is 7.61. The lowest BCUT2D eigenvalue weighted by Gasteiger charge is -2.40. The Kier molecular flexibility index (Phi) is 9.36. The molecule has 186 valence electrons. The number of carboxylic acids is 2. The van der Waals surface area contributed by atoms with Crippen molar-refractivity contribution in [3.8, 4) is 0 Å². The van der Waals surface area contributed by atoms with E-state index in [2.05, 4.69) is 16.0 Å². The number of hydrogen-bond acceptors (Lipinski definition) is 8. The lowest BCUT2D eigenvalue weighted by molar-refractivity contribution is -0.146. The average molecular weight is 481 g/mol. The van der Waals surface area contributed by atoms with E-state index in [1.807, 2.05) is 0 Å². The SMILES string of the molecule is CC(=O)N[C@H]1[C@H]([C@H](O)[C@H](O)CO)OC(C(=O)O)=C[C@@H]1NC(=O)N[C@@H](Cc1ccccc1)C(=O)O. The maximum atomic E-state index is 12.6. The minimum absolute atomic E-state index is 0.0350. The number of benzene rings is 1. The van der Waals surface area contributed by atoms with E-state index >= 15 is 0 Å². The second-order valence-corrected chi connectivity index (χ2v) is 7.61. The van der Waals surface area contributed by atoms with Gasteiger partial charge in [0, 0.05) is 13.3 Å². The summed E-state index contributed by atoms with van der Waals surface area (Å²) in [7, 11) is 0. The molecular weight excluding hydrogens is 454 g/mol. The van der Waals surface area contributed by atoms with Gasteiger partial charge in [-0.3, -0.25) is 4.79 Å². The van der Waals surface area contributed by atoms with Gasteiger partial charge < -0.3 is 46.2 Å². The number of hydrogen-bond donors (Lipinski definition) is 8. The van der Waals surface area contributed by atoms with Gasteiger partial charge >= 0.3 is 18.0 Å². The van der Waals surface area contributed by atoms with Gasteiger partial charge in [0.1, 0.15) is 24.4 Å². The first-order valence-corrected chi connectivity index (χ1v) is 10.2. The summed E-state index contributed by atoms with van der Waals surface area (Å²) in [4.78, 5) is 47.5. The Labute approximate surface area is 194 Å². The summed E-state index contributed by atoms with van der Waals surface area (Å²) >= 11 is 0. The highest BCUT2D eigenvalue weighted by Crippen LogP contribution is 2.23.